The number of carbonyl (C=O) groups excluding carboxylic acids is 1. The molecule has 0 aliphatic carbocycles. The molecule has 80 valence electrons. The Hall–Kier alpha value is -2.09. The fraction of sp³-hybridized carbons (Fsp3) is 0.0714. The summed E-state index contributed by atoms with van der Waals surface area (Å²) >= 11 is 0. The normalized spacial score (nSPS) is 9.81. The monoisotopic (exact) mass is 212 g/mol. The van der Waals surface area contributed by atoms with Crippen molar-refractivity contribution < 1.29 is 9.53 Å². The number of hydrogen-bond acceptors (Lipinski definition) is 2. The molecule has 0 radical (unpaired) electrons. The summed E-state index contributed by atoms with van der Waals surface area (Å²) < 4.78 is 4.97. The molecule has 0 saturated heterocycles. The standard InChI is InChI=1S/C14H12O2/c1-11(15)16-14-9-7-13(8-10-14)12-5-3-2-4-6-12/h2-10H,1H3. The van der Waals surface area contributed by atoms with Gasteiger partial charge in [0.1, 0.15) is 5.75 Å². The average Bonchev–Trinajstić information content (AvgIpc) is 2.30. The first kappa shape index (κ1) is 10.4. The number of esters is 1. The zero-order valence-corrected chi connectivity index (χ0v) is 9.01. The third-order valence-corrected chi connectivity index (χ3v) is 2.22. The molecule has 16 heavy (non-hydrogen) atoms. The van der Waals surface area contributed by atoms with Gasteiger partial charge in [0.25, 0.3) is 0 Å². The Morgan fingerprint density at radius 2 is 1.44 bits per heavy atom. The van der Waals surface area contributed by atoms with E-state index in [0.717, 1.165) is 11.1 Å². The van der Waals surface area contributed by atoms with Crippen LogP contribution in [0.4, 0.5) is 0 Å². The van der Waals surface area contributed by atoms with Crippen LogP contribution in [0.1, 0.15) is 6.92 Å². The van der Waals surface area contributed by atoms with Crippen LogP contribution in [0.5, 0.6) is 5.75 Å². The van der Waals surface area contributed by atoms with Crippen LogP contribution in [0.25, 0.3) is 11.1 Å². The summed E-state index contributed by atoms with van der Waals surface area (Å²) in [4.78, 5) is 10.7. The lowest BCUT2D eigenvalue weighted by molar-refractivity contribution is -0.131. The van der Waals surface area contributed by atoms with Crippen molar-refractivity contribution in [2.24, 2.45) is 0 Å². The zero-order chi connectivity index (χ0) is 11.4. The van der Waals surface area contributed by atoms with Gasteiger partial charge < -0.3 is 4.74 Å². The second-order valence-electron chi connectivity index (χ2n) is 3.48. The largest absolute Gasteiger partial charge is 0.427 e. The minimum Gasteiger partial charge on any atom is -0.427 e. The summed E-state index contributed by atoms with van der Waals surface area (Å²) in [6.45, 7) is 1.39. The van der Waals surface area contributed by atoms with Gasteiger partial charge in [-0.3, -0.25) is 4.79 Å². The summed E-state index contributed by atoms with van der Waals surface area (Å²) in [5.41, 5.74) is 2.26. The molecule has 0 heterocycles. The maximum absolute atomic E-state index is 10.7. The summed E-state index contributed by atoms with van der Waals surface area (Å²) in [7, 11) is 0. The highest BCUT2D eigenvalue weighted by Gasteiger charge is 1.99. The first-order valence-electron chi connectivity index (χ1n) is 5.09. The van der Waals surface area contributed by atoms with Crippen molar-refractivity contribution >= 4 is 5.97 Å². The van der Waals surface area contributed by atoms with Crippen LogP contribution in [0, 0.1) is 0 Å². The first-order chi connectivity index (χ1) is 7.75. The van der Waals surface area contributed by atoms with Crippen LogP contribution in [-0.4, -0.2) is 5.97 Å². The fourth-order valence-corrected chi connectivity index (χ4v) is 1.51. The van der Waals surface area contributed by atoms with Gasteiger partial charge in [0, 0.05) is 6.92 Å². The number of hydrogen-bond donors (Lipinski definition) is 0. The third kappa shape index (κ3) is 2.48. The van der Waals surface area contributed by atoms with Crippen LogP contribution in [0.2, 0.25) is 0 Å². The smallest absolute Gasteiger partial charge is 0.308 e. The van der Waals surface area contributed by atoms with Crippen molar-refractivity contribution in [3.05, 3.63) is 54.6 Å². The van der Waals surface area contributed by atoms with Crippen molar-refractivity contribution in [3.8, 4) is 16.9 Å². The van der Waals surface area contributed by atoms with Gasteiger partial charge in [-0.25, -0.2) is 0 Å². The van der Waals surface area contributed by atoms with Crippen LogP contribution in [0.3, 0.4) is 0 Å². The van der Waals surface area contributed by atoms with Crippen molar-refractivity contribution in [1.82, 2.24) is 0 Å². The summed E-state index contributed by atoms with van der Waals surface area (Å²) in [6.07, 6.45) is 0. The summed E-state index contributed by atoms with van der Waals surface area (Å²) in [5.74, 6) is 0.277. The van der Waals surface area contributed by atoms with Gasteiger partial charge in [0.05, 0.1) is 0 Å². The van der Waals surface area contributed by atoms with Crippen LogP contribution in [0.15, 0.2) is 54.6 Å². The molecule has 0 atom stereocenters. The maximum Gasteiger partial charge on any atom is 0.308 e. The third-order valence-electron chi connectivity index (χ3n) is 2.22. The van der Waals surface area contributed by atoms with E-state index in [4.69, 9.17) is 4.74 Å². The van der Waals surface area contributed by atoms with E-state index in [2.05, 4.69) is 0 Å². The zero-order valence-electron chi connectivity index (χ0n) is 9.01. The fourth-order valence-electron chi connectivity index (χ4n) is 1.51. The van der Waals surface area contributed by atoms with Gasteiger partial charge in [0.2, 0.25) is 0 Å². The molecule has 0 unspecified atom stereocenters. The number of rotatable bonds is 2. The van der Waals surface area contributed by atoms with E-state index >= 15 is 0 Å². The maximum atomic E-state index is 10.7. The molecule has 2 nitrogen and oxygen atoms in total. The van der Waals surface area contributed by atoms with Gasteiger partial charge in [-0.2, -0.15) is 0 Å². The minimum absolute atomic E-state index is 0.299. The van der Waals surface area contributed by atoms with Gasteiger partial charge in [-0.15, -0.1) is 0 Å². The van der Waals surface area contributed by atoms with E-state index < -0.39 is 0 Å². The predicted octanol–water partition coefficient (Wildman–Crippen LogP) is 3.28. The number of ether oxygens (including phenoxy) is 1. The Bertz CT molecular complexity index is 472. The molecule has 0 aliphatic heterocycles. The Morgan fingerprint density at radius 3 is 2.00 bits per heavy atom. The molecule has 0 aromatic heterocycles. The van der Waals surface area contributed by atoms with Crippen molar-refractivity contribution in [1.29, 1.82) is 0 Å². The topological polar surface area (TPSA) is 26.3 Å². The average molecular weight is 212 g/mol. The van der Waals surface area contributed by atoms with Gasteiger partial charge in [-0.05, 0) is 23.3 Å². The van der Waals surface area contributed by atoms with E-state index in [1.54, 1.807) is 12.1 Å². The van der Waals surface area contributed by atoms with Crippen molar-refractivity contribution in [2.75, 3.05) is 0 Å². The van der Waals surface area contributed by atoms with Crippen LogP contribution in [-0.2, 0) is 4.79 Å². The van der Waals surface area contributed by atoms with Crippen molar-refractivity contribution in [2.45, 2.75) is 6.92 Å². The molecule has 2 rings (SSSR count). The lowest BCUT2D eigenvalue weighted by Crippen LogP contribution is -2.00. The van der Waals surface area contributed by atoms with E-state index in [1.807, 2.05) is 42.5 Å². The summed E-state index contributed by atoms with van der Waals surface area (Å²) in [6, 6.07) is 17.5. The first-order valence-corrected chi connectivity index (χ1v) is 5.09. The van der Waals surface area contributed by atoms with E-state index in [0.29, 0.717) is 5.75 Å². The second-order valence-corrected chi connectivity index (χ2v) is 3.48. The Balaban J connectivity index is 2.23. The molecule has 0 fully saturated rings. The Kier molecular flexibility index (Phi) is 3.01. The van der Waals surface area contributed by atoms with E-state index in [-0.39, 0.29) is 5.97 Å². The highest BCUT2D eigenvalue weighted by molar-refractivity contribution is 5.70. The summed E-state index contributed by atoms with van der Waals surface area (Å²) in [5, 5.41) is 0. The molecule has 2 aromatic carbocycles. The SMILES string of the molecule is CC(=O)Oc1ccc(-c2ccccc2)cc1. The molecule has 2 heteroatoms. The Labute approximate surface area is 94.5 Å². The van der Waals surface area contributed by atoms with E-state index in [1.165, 1.54) is 6.92 Å². The van der Waals surface area contributed by atoms with Crippen LogP contribution >= 0.6 is 0 Å². The van der Waals surface area contributed by atoms with Gasteiger partial charge in [0.15, 0.2) is 0 Å². The molecular formula is C14H12O2. The van der Waals surface area contributed by atoms with Crippen molar-refractivity contribution in [3.63, 3.8) is 0 Å². The lowest BCUT2D eigenvalue weighted by Gasteiger charge is -2.03. The molecule has 2 aromatic rings. The van der Waals surface area contributed by atoms with Gasteiger partial charge >= 0.3 is 5.97 Å². The van der Waals surface area contributed by atoms with E-state index in [9.17, 15) is 4.79 Å². The predicted molar refractivity (Wildman–Crippen MR) is 63.2 cm³/mol. The highest BCUT2D eigenvalue weighted by atomic mass is 16.5. The molecule has 0 aliphatic rings. The molecular weight excluding hydrogens is 200 g/mol. The number of benzene rings is 2. The van der Waals surface area contributed by atoms with Crippen LogP contribution < -0.4 is 4.74 Å². The quantitative estimate of drug-likeness (QED) is 0.564. The molecule has 0 bridgehead atoms. The molecule has 0 spiro atoms. The molecule has 0 N–H and O–H groups in total. The van der Waals surface area contributed by atoms with Gasteiger partial charge in [-0.1, -0.05) is 42.5 Å². The lowest BCUT2D eigenvalue weighted by atomic mass is 10.1. The highest BCUT2D eigenvalue weighted by Crippen LogP contribution is 2.21. The molecule has 0 saturated carbocycles. The second kappa shape index (κ2) is 4.62. The number of carbonyl (C=O) groups is 1. The molecule has 0 amide bonds. The minimum atomic E-state index is -0.299. The Morgan fingerprint density at radius 1 is 0.875 bits per heavy atom.